The molecule has 1 rings (SSSR count). The van der Waals surface area contributed by atoms with Gasteiger partial charge in [0.1, 0.15) is 0 Å². The quantitative estimate of drug-likeness (QED) is 0.457. The Bertz CT molecular complexity index is 280. The third kappa shape index (κ3) is 3.83. The van der Waals surface area contributed by atoms with E-state index in [1.165, 1.54) is 17.1 Å². The zero-order valence-corrected chi connectivity index (χ0v) is 9.47. The first-order chi connectivity index (χ1) is 6.86. The van der Waals surface area contributed by atoms with Crippen LogP contribution in [0.15, 0.2) is 34.3 Å². The van der Waals surface area contributed by atoms with Crippen LogP contribution in [0.4, 0.5) is 0 Å². The van der Waals surface area contributed by atoms with Crippen molar-refractivity contribution in [3.05, 3.63) is 29.8 Å². The minimum Gasteiger partial charge on any atom is -0.313 e. The fourth-order valence-corrected chi connectivity index (χ4v) is 1.78. The van der Waals surface area contributed by atoms with Gasteiger partial charge in [-0.3, -0.25) is 0 Å². The average molecular weight is 208 g/mol. The lowest BCUT2D eigenvalue weighted by Crippen LogP contribution is -1.94. The van der Waals surface area contributed by atoms with Crippen LogP contribution in [0.25, 0.3) is 0 Å². The van der Waals surface area contributed by atoms with Crippen LogP contribution < -0.4 is 5.43 Å². The van der Waals surface area contributed by atoms with E-state index in [2.05, 4.69) is 41.7 Å². The van der Waals surface area contributed by atoms with Crippen molar-refractivity contribution in [2.45, 2.75) is 18.2 Å². The molecule has 0 saturated heterocycles. The van der Waals surface area contributed by atoms with E-state index in [0.717, 1.165) is 5.56 Å². The Balaban J connectivity index is 2.54. The molecular formula is C11H16N2S. The van der Waals surface area contributed by atoms with Gasteiger partial charge < -0.3 is 5.43 Å². The number of hydrogen-bond acceptors (Lipinski definition) is 3. The summed E-state index contributed by atoms with van der Waals surface area (Å²) in [7, 11) is 1.79. The van der Waals surface area contributed by atoms with Crippen molar-refractivity contribution in [2.24, 2.45) is 5.10 Å². The van der Waals surface area contributed by atoms with Crippen LogP contribution in [0.1, 0.15) is 18.9 Å². The van der Waals surface area contributed by atoms with E-state index in [0.29, 0.717) is 0 Å². The fraction of sp³-hybridized carbons (Fsp3) is 0.364. The van der Waals surface area contributed by atoms with Gasteiger partial charge >= 0.3 is 0 Å². The van der Waals surface area contributed by atoms with Gasteiger partial charge in [-0.15, -0.1) is 11.8 Å². The summed E-state index contributed by atoms with van der Waals surface area (Å²) in [4.78, 5) is 1.33. The third-order valence-corrected chi connectivity index (χ3v) is 2.91. The van der Waals surface area contributed by atoms with Crippen molar-refractivity contribution in [3.8, 4) is 0 Å². The van der Waals surface area contributed by atoms with E-state index in [1.54, 1.807) is 7.05 Å². The van der Waals surface area contributed by atoms with Gasteiger partial charge in [0, 0.05) is 11.9 Å². The molecule has 0 aliphatic heterocycles. The van der Waals surface area contributed by atoms with Gasteiger partial charge in [0.15, 0.2) is 0 Å². The number of rotatable bonds is 5. The van der Waals surface area contributed by atoms with Crippen LogP contribution in [0.2, 0.25) is 0 Å². The van der Waals surface area contributed by atoms with Gasteiger partial charge in [-0.05, 0) is 29.9 Å². The smallest absolute Gasteiger partial charge is 0.0540 e. The lowest BCUT2D eigenvalue weighted by atomic mass is 10.2. The van der Waals surface area contributed by atoms with Gasteiger partial charge in [-0.2, -0.15) is 5.10 Å². The molecule has 14 heavy (non-hydrogen) atoms. The molecule has 0 heterocycles. The van der Waals surface area contributed by atoms with E-state index in [9.17, 15) is 0 Å². The second kappa shape index (κ2) is 6.49. The maximum absolute atomic E-state index is 3.95. The Labute approximate surface area is 89.8 Å². The highest BCUT2D eigenvalue weighted by Crippen LogP contribution is 2.18. The second-order valence-corrected chi connectivity index (χ2v) is 4.07. The van der Waals surface area contributed by atoms with Gasteiger partial charge in [0.05, 0.1) is 6.21 Å². The number of nitrogens with one attached hydrogen (secondary N) is 1. The van der Waals surface area contributed by atoms with Gasteiger partial charge in [0.25, 0.3) is 0 Å². The molecule has 76 valence electrons. The summed E-state index contributed by atoms with van der Waals surface area (Å²) in [5.41, 5.74) is 3.85. The molecule has 0 fully saturated rings. The summed E-state index contributed by atoms with van der Waals surface area (Å²) in [6.07, 6.45) is 3.03. The van der Waals surface area contributed by atoms with Crippen LogP contribution in [-0.4, -0.2) is 19.0 Å². The molecule has 0 bridgehead atoms. The summed E-state index contributed by atoms with van der Waals surface area (Å²) in [6, 6.07) is 8.44. The van der Waals surface area contributed by atoms with Crippen molar-refractivity contribution in [1.29, 1.82) is 0 Å². The minimum atomic E-state index is 1.13. The number of hydrazone groups is 1. The zero-order chi connectivity index (χ0) is 10.2. The van der Waals surface area contributed by atoms with Crippen LogP contribution in [0.3, 0.4) is 0 Å². The standard InChI is InChI=1S/C11H16N2S/c1-3-8-14-11-6-4-10(5-7-11)9-13-12-2/h4-7,9,12H,3,8H2,1-2H3. The maximum atomic E-state index is 3.95. The fourth-order valence-electron chi connectivity index (χ4n) is 1.01. The predicted octanol–water partition coefficient (Wildman–Crippen LogP) is 2.74. The molecule has 0 atom stereocenters. The van der Waals surface area contributed by atoms with E-state index in [-0.39, 0.29) is 0 Å². The van der Waals surface area contributed by atoms with Crippen LogP contribution in [-0.2, 0) is 0 Å². The lowest BCUT2D eigenvalue weighted by molar-refractivity contribution is 0.908. The normalized spacial score (nSPS) is 10.7. The molecule has 1 aromatic rings. The Morgan fingerprint density at radius 1 is 1.36 bits per heavy atom. The van der Waals surface area contributed by atoms with Crippen LogP contribution in [0, 0.1) is 0 Å². The Hall–Kier alpha value is -0.960. The topological polar surface area (TPSA) is 24.4 Å². The zero-order valence-electron chi connectivity index (χ0n) is 8.66. The highest BCUT2D eigenvalue weighted by molar-refractivity contribution is 7.99. The molecule has 0 radical (unpaired) electrons. The van der Waals surface area contributed by atoms with Gasteiger partial charge in [0.2, 0.25) is 0 Å². The monoisotopic (exact) mass is 208 g/mol. The van der Waals surface area contributed by atoms with Gasteiger partial charge in [-0.25, -0.2) is 0 Å². The first-order valence-corrected chi connectivity index (χ1v) is 5.78. The van der Waals surface area contributed by atoms with Crippen molar-refractivity contribution < 1.29 is 0 Å². The van der Waals surface area contributed by atoms with E-state index in [4.69, 9.17) is 0 Å². The Morgan fingerprint density at radius 3 is 2.64 bits per heavy atom. The summed E-state index contributed by atoms with van der Waals surface area (Å²) >= 11 is 1.89. The second-order valence-electron chi connectivity index (χ2n) is 2.90. The summed E-state index contributed by atoms with van der Waals surface area (Å²) in [6.45, 7) is 2.20. The molecule has 0 unspecified atom stereocenters. The molecular weight excluding hydrogens is 192 g/mol. The molecule has 0 aliphatic carbocycles. The third-order valence-electron chi connectivity index (χ3n) is 1.70. The molecule has 0 aromatic heterocycles. The van der Waals surface area contributed by atoms with Crippen LogP contribution in [0.5, 0.6) is 0 Å². The summed E-state index contributed by atoms with van der Waals surface area (Å²) in [5, 5.41) is 3.95. The van der Waals surface area contributed by atoms with Crippen molar-refractivity contribution in [3.63, 3.8) is 0 Å². The van der Waals surface area contributed by atoms with Gasteiger partial charge in [-0.1, -0.05) is 19.1 Å². The van der Waals surface area contributed by atoms with E-state index < -0.39 is 0 Å². The number of benzene rings is 1. The molecule has 0 saturated carbocycles. The molecule has 3 heteroatoms. The average Bonchev–Trinajstić information content (AvgIpc) is 2.25. The summed E-state index contributed by atoms with van der Waals surface area (Å²) < 4.78 is 0. The Morgan fingerprint density at radius 2 is 2.07 bits per heavy atom. The maximum Gasteiger partial charge on any atom is 0.0540 e. The predicted molar refractivity (Wildman–Crippen MR) is 64.1 cm³/mol. The first-order valence-electron chi connectivity index (χ1n) is 4.79. The highest BCUT2D eigenvalue weighted by Gasteiger charge is 1.92. The highest BCUT2D eigenvalue weighted by atomic mass is 32.2. The van der Waals surface area contributed by atoms with E-state index in [1.807, 2.05) is 18.0 Å². The largest absolute Gasteiger partial charge is 0.313 e. The summed E-state index contributed by atoms with van der Waals surface area (Å²) in [5.74, 6) is 1.18. The molecule has 2 nitrogen and oxygen atoms in total. The molecule has 0 spiro atoms. The molecule has 1 aromatic carbocycles. The van der Waals surface area contributed by atoms with Crippen molar-refractivity contribution in [2.75, 3.05) is 12.8 Å². The van der Waals surface area contributed by atoms with Crippen molar-refractivity contribution >= 4 is 18.0 Å². The Kier molecular flexibility index (Phi) is 5.15. The van der Waals surface area contributed by atoms with Crippen LogP contribution >= 0.6 is 11.8 Å². The number of nitrogens with zero attached hydrogens (tertiary/aromatic N) is 1. The number of hydrogen-bond donors (Lipinski definition) is 1. The molecule has 0 aliphatic rings. The lowest BCUT2D eigenvalue weighted by Gasteiger charge is -1.99. The van der Waals surface area contributed by atoms with E-state index >= 15 is 0 Å². The molecule has 1 N–H and O–H groups in total. The van der Waals surface area contributed by atoms with Crippen molar-refractivity contribution in [1.82, 2.24) is 5.43 Å². The molecule has 0 amide bonds. The SMILES string of the molecule is CCCSc1ccc(C=NNC)cc1. The minimum absolute atomic E-state index is 1.13. The first kappa shape index (κ1) is 11.1. The number of thioether (sulfide) groups is 1.